The maximum Gasteiger partial charge on any atom is 0.225 e. The molecule has 1 aliphatic heterocycles. The third-order valence-electron chi connectivity index (χ3n) is 5.08. The lowest BCUT2D eigenvalue weighted by atomic mass is 9.63. The van der Waals surface area contributed by atoms with Crippen molar-refractivity contribution >= 4 is 50.0 Å². The van der Waals surface area contributed by atoms with E-state index >= 15 is 0 Å². The molecule has 0 radical (unpaired) electrons. The average molecular weight is 417 g/mol. The summed E-state index contributed by atoms with van der Waals surface area (Å²) in [6.45, 7) is 1.17. The van der Waals surface area contributed by atoms with Gasteiger partial charge in [-0.05, 0) is 52.9 Å². The summed E-state index contributed by atoms with van der Waals surface area (Å²) >= 11 is 8.84. The van der Waals surface area contributed by atoms with Crippen LogP contribution in [-0.4, -0.2) is 28.8 Å². The predicted octanol–water partition coefficient (Wildman–Crippen LogP) is 4.27. The van der Waals surface area contributed by atoms with Crippen molar-refractivity contribution in [1.82, 2.24) is 9.97 Å². The summed E-state index contributed by atoms with van der Waals surface area (Å²) in [5, 5.41) is 0.163. The van der Waals surface area contributed by atoms with Crippen molar-refractivity contribution < 1.29 is 13.6 Å². The summed E-state index contributed by atoms with van der Waals surface area (Å²) in [4.78, 5) is 22.1. The fraction of sp³-hybridized carbons (Fsp3) is 0.438. The minimum absolute atomic E-state index is 0.0298. The summed E-state index contributed by atoms with van der Waals surface area (Å²) in [7, 11) is 0. The van der Waals surface area contributed by atoms with Gasteiger partial charge in [-0.3, -0.25) is 4.79 Å². The van der Waals surface area contributed by atoms with Crippen LogP contribution in [0.25, 0.3) is 10.9 Å². The van der Waals surface area contributed by atoms with Crippen LogP contribution in [0.15, 0.2) is 10.5 Å². The molecule has 1 aliphatic carbocycles. The molecular weight excluding hydrogens is 404 g/mol. The van der Waals surface area contributed by atoms with Gasteiger partial charge in [-0.1, -0.05) is 0 Å². The van der Waals surface area contributed by atoms with E-state index in [0.717, 1.165) is 19.3 Å². The van der Waals surface area contributed by atoms with E-state index in [0.29, 0.717) is 25.3 Å². The molecule has 0 unspecified atom stereocenters. The van der Waals surface area contributed by atoms with Crippen molar-refractivity contribution in [3.8, 4) is 0 Å². The molecule has 4 rings (SSSR count). The first-order valence-corrected chi connectivity index (χ1v) is 8.87. The molecule has 1 spiro atoms. The summed E-state index contributed by atoms with van der Waals surface area (Å²) in [5.41, 5.74) is -0.369. The molecule has 1 aromatic heterocycles. The molecule has 1 saturated heterocycles. The van der Waals surface area contributed by atoms with Gasteiger partial charge in [0, 0.05) is 30.3 Å². The lowest BCUT2D eigenvalue weighted by Crippen LogP contribution is -2.53. The Morgan fingerprint density at radius 1 is 1.29 bits per heavy atom. The molecule has 2 aromatic rings. The molecule has 4 nitrogen and oxygen atoms in total. The van der Waals surface area contributed by atoms with Crippen LogP contribution in [0.4, 0.5) is 14.6 Å². The molecule has 2 fully saturated rings. The maximum absolute atomic E-state index is 14.4. The van der Waals surface area contributed by atoms with Crippen LogP contribution in [-0.2, 0) is 4.79 Å². The van der Waals surface area contributed by atoms with Crippen molar-refractivity contribution in [2.75, 3.05) is 18.0 Å². The molecule has 0 bridgehead atoms. The molecule has 2 heterocycles. The van der Waals surface area contributed by atoms with Gasteiger partial charge in [0.25, 0.3) is 0 Å². The van der Waals surface area contributed by atoms with Gasteiger partial charge in [0.2, 0.25) is 5.28 Å². The van der Waals surface area contributed by atoms with Gasteiger partial charge in [-0.25, -0.2) is 13.8 Å². The Kier molecular flexibility index (Phi) is 3.76. The number of anilines is 1. The van der Waals surface area contributed by atoms with Gasteiger partial charge >= 0.3 is 0 Å². The number of hydrogen-bond donors (Lipinski definition) is 0. The van der Waals surface area contributed by atoms with E-state index in [1.54, 1.807) is 0 Å². The molecule has 126 valence electrons. The zero-order chi connectivity index (χ0) is 17.1. The van der Waals surface area contributed by atoms with Crippen molar-refractivity contribution in [3.05, 3.63) is 27.5 Å². The predicted molar refractivity (Wildman–Crippen MR) is 90.3 cm³/mol. The Hall–Kier alpha value is -1.34. The van der Waals surface area contributed by atoms with Gasteiger partial charge in [0.1, 0.15) is 22.9 Å². The largest absolute Gasteiger partial charge is 0.355 e. The molecule has 1 atom stereocenters. The summed E-state index contributed by atoms with van der Waals surface area (Å²) in [5.74, 6) is -0.883. The molecule has 0 N–H and O–H groups in total. The van der Waals surface area contributed by atoms with Crippen molar-refractivity contribution in [1.29, 1.82) is 0 Å². The van der Waals surface area contributed by atoms with E-state index in [1.807, 2.05) is 4.90 Å². The number of Topliss-reactive ketones (excluding diaryl/α,β-unsaturated/α-hetero) is 1. The Morgan fingerprint density at radius 3 is 2.75 bits per heavy atom. The summed E-state index contributed by atoms with van der Waals surface area (Å²) in [6, 6.07) is 1.21. The molecule has 1 saturated carbocycles. The Morgan fingerprint density at radius 2 is 2.08 bits per heavy atom. The van der Waals surface area contributed by atoms with Gasteiger partial charge in [0.05, 0.1) is 4.47 Å². The minimum atomic E-state index is -0.804. The lowest BCUT2D eigenvalue weighted by molar-refractivity contribution is -0.138. The lowest BCUT2D eigenvalue weighted by Gasteiger charge is -2.47. The quantitative estimate of drug-likeness (QED) is 0.514. The van der Waals surface area contributed by atoms with Crippen LogP contribution in [0.5, 0.6) is 0 Å². The van der Waals surface area contributed by atoms with Crippen LogP contribution >= 0.6 is 27.5 Å². The number of hydrogen-bond acceptors (Lipinski definition) is 4. The average Bonchev–Trinajstić information content (AvgIpc) is 2.59. The Labute approximate surface area is 150 Å². The topological polar surface area (TPSA) is 46.1 Å². The van der Waals surface area contributed by atoms with Crippen molar-refractivity contribution in [3.63, 3.8) is 0 Å². The Bertz CT molecular complexity index is 878. The highest BCUT2D eigenvalue weighted by Gasteiger charge is 2.48. The number of carbonyl (C=O) groups excluding carboxylic acids is 1. The number of benzene rings is 1. The molecular formula is C16H13BrClF2N3O. The van der Waals surface area contributed by atoms with Crippen LogP contribution in [0, 0.1) is 17.0 Å². The molecule has 0 amide bonds. The number of halogens is 4. The number of carbonyl (C=O) groups is 1. The second-order valence-electron chi connectivity index (χ2n) is 6.43. The first kappa shape index (κ1) is 16.1. The highest BCUT2D eigenvalue weighted by Crippen LogP contribution is 2.46. The third kappa shape index (κ3) is 2.32. The summed E-state index contributed by atoms with van der Waals surface area (Å²) < 4.78 is 28.1. The van der Waals surface area contributed by atoms with Gasteiger partial charge in [0.15, 0.2) is 5.82 Å². The first-order chi connectivity index (χ1) is 11.4. The second kappa shape index (κ2) is 5.59. The van der Waals surface area contributed by atoms with E-state index in [2.05, 4.69) is 25.9 Å². The van der Waals surface area contributed by atoms with E-state index in [4.69, 9.17) is 11.6 Å². The number of nitrogens with zero attached hydrogens (tertiary/aromatic N) is 3. The van der Waals surface area contributed by atoms with E-state index in [-0.39, 0.29) is 31.9 Å². The van der Waals surface area contributed by atoms with Crippen LogP contribution in [0.3, 0.4) is 0 Å². The highest BCUT2D eigenvalue weighted by molar-refractivity contribution is 9.10. The molecule has 8 heteroatoms. The van der Waals surface area contributed by atoms with Gasteiger partial charge in [-0.2, -0.15) is 4.98 Å². The number of ketones is 1. The van der Waals surface area contributed by atoms with Crippen LogP contribution in [0.2, 0.25) is 5.28 Å². The van der Waals surface area contributed by atoms with Gasteiger partial charge < -0.3 is 4.90 Å². The van der Waals surface area contributed by atoms with Crippen molar-refractivity contribution in [2.24, 2.45) is 5.41 Å². The highest BCUT2D eigenvalue weighted by atomic mass is 79.9. The molecule has 2 aliphatic rings. The molecule has 1 aromatic carbocycles. The fourth-order valence-corrected chi connectivity index (χ4v) is 4.16. The third-order valence-corrected chi connectivity index (χ3v) is 5.97. The second-order valence-corrected chi connectivity index (χ2v) is 7.56. The van der Waals surface area contributed by atoms with E-state index in [9.17, 15) is 13.6 Å². The number of piperidine rings is 1. The monoisotopic (exact) mass is 415 g/mol. The van der Waals surface area contributed by atoms with Crippen LogP contribution < -0.4 is 4.90 Å². The van der Waals surface area contributed by atoms with Crippen molar-refractivity contribution in [2.45, 2.75) is 25.7 Å². The standard InChI is InChI=1S/C16H13BrClF2N3O/c17-11-9(19)6-8-13(12(11)20)21-15(18)22-14(8)23-5-1-3-16(7-23)4-2-10(16)24/h6H,1-5,7H2/t16-/m0/s1. The minimum Gasteiger partial charge on any atom is -0.355 e. The zero-order valence-electron chi connectivity index (χ0n) is 12.6. The number of rotatable bonds is 1. The first-order valence-electron chi connectivity index (χ1n) is 7.70. The maximum atomic E-state index is 14.4. The zero-order valence-corrected chi connectivity index (χ0v) is 14.9. The van der Waals surface area contributed by atoms with Crippen LogP contribution in [0.1, 0.15) is 25.7 Å². The van der Waals surface area contributed by atoms with E-state index in [1.165, 1.54) is 6.07 Å². The van der Waals surface area contributed by atoms with E-state index < -0.39 is 11.6 Å². The summed E-state index contributed by atoms with van der Waals surface area (Å²) in [6.07, 6.45) is 3.15. The normalized spacial score (nSPS) is 23.8. The Balaban J connectivity index is 1.85. The SMILES string of the molecule is O=C1CC[C@]12CCCN(c1nc(Cl)nc3c(F)c(Br)c(F)cc13)C2. The number of aromatic nitrogens is 2. The van der Waals surface area contributed by atoms with Gasteiger partial charge in [-0.15, -0.1) is 0 Å². The molecule has 24 heavy (non-hydrogen) atoms. The smallest absolute Gasteiger partial charge is 0.225 e. The number of fused-ring (bicyclic) bond motifs is 1. The fourth-order valence-electron chi connectivity index (χ4n) is 3.70.